The maximum Gasteiger partial charge on any atom is 0.357 e. The zero-order chi connectivity index (χ0) is 45.5. The summed E-state index contributed by atoms with van der Waals surface area (Å²) in [5.74, 6) is -1.37. The lowest BCUT2D eigenvalue weighted by Gasteiger charge is -1.95. The number of aromatic carboxylic acids is 1. The Labute approximate surface area is 465 Å². The fourth-order valence-electron chi connectivity index (χ4n) is 2.73. The molecule has 0 radical (unpaired) electrons. The summed E-state index contributed by atoms with van der Waals surface area (Å²) in [7, 11) is 41.6. The van der Waals surface area contributed by atoms with Gasteiger partial charge in [-0.2, -0.15) is 0 Å². The van der Waals surface area contributed by atoms with Gasteiger partial charge in [-0.25, -0.2) is 29.5 Å². The maximum absolute atomic E-state index is 11.5. The van der Waals surface area contributed by atoms with Crippen molar-refractivity contribution in [2.24, 2.45) is 0 Å². The highest BCUT2D eigenvalue weighted by molar-refractivity contribution is 8.77. The van der Waals surface area contributed by atoms with E-state index in [0.29, 0.717) is 17.3 Å². The molecule has 4 rings (SSSR count). The van der Waals surface area contributed by atoms with Gasteiger partial charge in [0.2, 0.25) is 0 Å². The lowest BCUT2D eigenvalue weighted by atomic mass is 10.3. The molecule has 41 heteroatoms. The van der Waals surface area contributed by atoms with Crippen LogP contribution in [0.4, 0.5) is 0 Å². The normalized spacial score (nSPS) is 8.95. The molecule has 0 spiro atoms. The Morgan fingerprint density at radius 1 is 0.516 bits per heavy atom. The van der Waals surface area contributed by atoms with Gasteiger partial charge in [-0.05, 0) is 26.2 Å². The summed E-state index contributed by atoms with van der Waals surface area (Å²) in [5, 5.41) is 19.5. The van der Waals surface area contributed by atoms with Crippen LogP contribution in [-0.4, -0.2) is 43.6 Å². The number of ether oxygens (including phenoxy) is 1. The van der Waals surface area contributed by atoms with Crippen LogP contribution in [0.3, 0.4) is 0 Å². The van der Waals surface area contributed by atoms with Crippen molar-refractivity contribution in [1.82, 2.24) is 19.9 Å². The number of rotatable bonds is 8. The molecule has 1 N–H and O–H groups in total. The van der Waals surface area contributed by atoms with E-state index in [-0.39, 0.29) is 11.7 Å². The number of thiazole rings is 4. The van der Waals surface area contributed by atoms with Gasteiger partial charge in [0.25, 0.3) is 0 Å². The monoisotopic (exact) mass is 1450 g/mol. The Bertz CT molecular complexity index is 3140. The molecule has 0 fully saturated rings. The van der Waals surface area contributed by atoms with Crippen molar-refractivity contribution in [2.45, 2.75) is 40.0 Å². The molecule has 0 bridgehead atoms. The third-order valence-corrected chi connectivity index (χ3v) is 59.4. The molecule has 0 saturated carbocycles. The lowest BCUT2D eigenvalue weighted by Crippen LogP contribution is -2.04. The molecule has 0 aromatic carbocycles. The van der Waals surface area contributed by atoms with E-state index < -0.39 is 5.97 Å². The SMILES string of the molecule is CCCc1nc(-c2nc(C(=O)O)cs2)cs1.CCOC(=O)c1csc(-c2csc(CC)n2)n1.S=S=S=S=S=S=S=S=S=S=S=S=S=S.S=S=S=S=S=S=S=S=S=S=S=S=S=S=S. The molecule has 0 aliphatic heterocycles. The number of carbonyl (C=O) groups excluding carboxylic acids is 1. The van der Waals surface area contributed by atoms with Crippen LogP contribution in [0.5, 0.6) is 0 Å². The zero-order valence-electron chi connectivity index (χ0n) is 30.1. The van der Waals surface area contributed by atoms with E-state index in [0.717, 1.165) is 45.7 Å². The van der Waals surface area contributed by atoms with Crippen LogP contribution >= 0.6 is 45.3 Å². The quantitative estimate of drug-likeness (QED) is 0.214. The third kappa shape index (κ3) is 33.4. The highest BCUT2D eigenvalue weighted by atomic mass is 33.5. The van der Waals surface area contributed by atoms with Crippen molar-refractivity contribution >= 4 is 324 Å². The van der Waals surface area contributed by atoms with E-state index in [1.807, 2.05) is 10.8 Å². The summed E-state index contributed by atoms with van der Waals surface area (Å²) in [6.45, 7) is 6.31. The number of carbonyl (C=O) groups is 2. The van der Waals surface area contributed by atoms with Gasteiger partial charge < -0.3 is 9.84 Å². The molecule has 0 aliphatic rings. The average molecular weight is 1450 g/mol. The van der Waals surface area contributed by atoms with Crippen molar-refractivity contribution in [1.29, 1.82) is 0 Å². The number of carboxylic acid groups (broad SMARTS) is 1. The summed E-state index contributed by atoms with van der Waals surface area (Å²) in [4.78, 5) is 39.2. The molecule has 8 nitrogen and oxygen atoms in total. The number of aryl methyl sites for hydroxylation is 2. The Hall–Kier alpha value is 3.84. The first-order chi connectivity index (χ1) is 30.3. The highest BCUT2D eigenvalue weighted by Gasteiger charge is 2.14. The largest absolute Gasteiger partial charge is 0.476 e. The Kier molecular flexibility index (Phi) is 47.3. The van der Waals surface area contributed by atoms with Gasteiger partial charge in [0.1, 0.15) is 21.4 Å². The smallest absolute Gasteiger partial charge is 0.357 e. The van der Waals surface area contributed by atoms with E-state index in [1.165, 1.54) is 63.6 Å². The summed E-state index contributed by atoms with van der Waals surface area (Å²) in [6, 6.07) is 0. The highest BCUT2D eigenvalue weighted by Crippen LogP contribution is 2.27. The summed E-state index contributed by atoms with van der Waals surface area (Å²) < 4.78 is 4.89. The predicted molar refractivity (Wildman–Crippen MR) is 346 cm³/mol. The maximum atomic E-state index is 11.5. The molecule has 0 amide bonds. The minimum absolute atomic E-state index is 0.0880. The topological polar surface area (TPSA) is 115 Å². The predicted octanol–water partition coefficient (Wildman–Crippen LogP) is 5.85. The molecule has 4 aromatic heterocycles. The summed E-state index contributed by atoms with van der Waals surface area (Å²) >= 11 is 24.8. The van der Waals surface area contributed by atoms with Crippen LogP contribution in [0.25, 0.3) is 21.4 Å². The molecule has 62 heavy (non-hydrogen) atoms. The van der Waals surface area contributed by atoms with Crippen molar-refractivity contribution in [3.8, 4) is 21.4 Å². The first kappa shape index (κ1) is 63.9. The van der Waals surface area contributed by atoms with Gasteiger partial charge >= 0.3 is 11.9 Å². The Morgan fingerprint density at radius 3 is 1.19 bits per heavy atom. The van der Waals surface area contributed by atoms with E-state index in [2.05, 4.69) is 33.8 Å². The molecule has 0 aliphatic carbocycles. The number of hydrogen-bond donors (Lipinski definition) is 1. The van der Waals surface area contributed by atoms with Gasteiger partial charge in [0.05, 0.1) is 16.6 Å². The lowest BCUT2D eigenvalue weighted by molar-refractivity contribution is 0.0520. The first-order valence-corrected chi connectivity index (χ1v) is 54.2. The molecule has 0 saturated heterocycles. The van der Waals surface area contributed by atoms with E-state index in [4.69, 9.17) is 54.6 Å². The van der Waals surface area contributed by atoms with E-state index >= 15 is 0 Å². The summed E-state index contributed by atoms with van der Waals surface area (Å²) in [5.41, 5.74) is 2.07. The summed E-state index contributed by atoms with van der Waals surface area (Å²) in [6.07, 6.45) is 2.94. The van der Waals surface area contributed by atoms with Crippen LogP contribution in [0.15, 0.2) is 21.5 Å². The second kappa shape index (κ2) is 45.9. The van der Waals surface area contributed by atoms with Crippen molar-refractivity contribution in [2.75, 3.05) is 6.61 Å². The first-order valence-electron chi connectivity index (χ1n) is 14.7. The minimum atomic E-state index is -0.994. The van der Waals surface area contributed by atoms with Crippen molar-refractivity contribution in [3.63, 3.8) is 0 Å². The van der Waals surface area contributed by atoms with Crippen molar-refractivity contribution in [3.05, 3.63) is 42.9 Å². The molecule has 4 aromatic rings. The van der Waals surface area contributed by atoms with Crippen LogP contribution in [0.1, 0.15) is 58.2 Å². The Balaban J connectivity index is 0.000000415. The number of nitrogens with zero attached hydrogens (tertiary/aromatic N) is 4. The zero-order valence-corrected chi connectivity index (χ0v) is 57.0. The van der Waals surface area contributed by atoms with Crippen LogP contribution in [-0.2, 0) is 284 Å². The van der Waals surface area contributed by atoms with E-state index in [1.54, 1.807) is 221 Å². The minimum Gasteiger partial charge on any atom is -0.476 e. The van der Waals surface area contributed by atoms with Gasteiger partial charge in [0.15, 0.2) is 11.4 Å². The van der Waals surface area contributed by atoms with Crippen molar-refractivity contribution < 1.29 is 19.4 Å². The van der Waals surface area contributed by atoms with Gasteiger partial charge in [-0.1, -0.05) is 13.8 Å². The fraction of sp³-hybridized carbons (Fsp3) is 0.333. The van der Waals surface area contributed by atoms with Crippen LogP contribution in [0, 0.1) is 0 Å². The average Bonchev–Trinajstić information content (AvgIpc) is 4.12. The number of carboxylic acids is 1. The number of hydrogen-bond acceptors (Lipinski definition) is 15. The molecule has 0 unspecified atom stereocenters. The standard InChI is InChI=1S/C11H12N2O2S2.C10H10N2O2S2.S15.S14/c1-3-9-12-7(5-16-9)10-13-8(6-17-10)11(14)15-4-2;1-2-3-8-11-6(4-15-8)9-12-7(5-16-9)10(13)14;1-3-5-7-9-11-13-15-14-12-10-8-6-4-2;1-3-5-7-9-11-13-14-12-10-8-6-4-2/h5-6H,3-4H2,1-2H3;4-5H,2-3H2,1H3,(H,13,14);;. The molecule has 348 valence electrons. The van der Waals surface area contributed by atoms with Gasteiger partial charge in [-0.15, -0.1) is 45.3 Å². The van der Waals surface area contributed by atoms with Crippen LogP contribution in [0.2, 0.25) is 0 Å². The van der Waals surface area contributed by atoms with Gasteiger partial charge in [-0.3, -0.25) is 0 Å². The molecule has 0 atom stereocenters. The number of esters is 1. The second-order valence-corrected chi connectivity index (χ2v) is 56.0. The molecule has 4 heterocycles. The molecular weight excluding hydrogens is 1430 g/mol. The third-order valence-electron chi connectivity index (χ3n) is 4.66. The number of aromatic nitrogens is 4. The fourth-order valence-corrected chi connectivity index (χ4v) is 63.6. The van der Waals surface area contributed by atoms with Crippen LogP contribution < -0.4 is 0 Å². The second-order valence-electron chi connectivity index (χ2n) is 8.16. The molecular formula is C21H22N4O4S33. The van der Waals surface area contributed by atoms with Gasteiger partial charge in [0, 0.05) is 288 Å². The van der Waals surface area contributed by atoms with E-state index in [9.17, 15) is 9.59 Å². The Morgan fingerprint density at radius 2 is 0.871 bits per heavy atom.